The van der Waals surface area contributed by atoms with E-state index >= 15 is 0 Å². The van der Waals surface area contributed by atoms with Crippen molar-refractivity contribution in [1.82, 2.24) is 29.9 Å². The van der Waals surface area contributed by atoms with E-state index in [-0.39, 0.29) is 11.9 Å². The van der Waals surface area contributed by atoms with Crippen LogP contribution in [0.1, 0.15) is 10.5 Å². The van der Waals surface area contributed by atoms with Gasteiger partial charge in [0.2, 0.25) is 5.95 Å². The Morgan fingerprint density at radius 3 is 2.69 bits per heavy atom. The van der Waals surface area contributed by atoms with Crippen LogP contribution in [0.25, 0.3) is 16.8 Å². The van der Waals surface area contributed by atoms with Gasteiger partial charge in [-0.3, -0.25) is 4.79 Å². The molecular weight excluding hydrogens is 336 g/mol. The molecule has 0 spiro atoms. The Bertz CT molecular complexity index is 947. The summed E-state index contributed by atoms with van der Waals surface area (Å²) in [5.41, 5.74) is 8.01. The number of hydrogen-bond donors (Lipinski definition) is 2. The largest absolute Gasteiger partial charge is 0.378 e. The zero-order valence-corrected chi connectivity index (χ0v) is 14.2. The first-order chi connectivity index (χ1) is 12.7. The molecule has 0 unspecified atom stereocenters. The predicted molar refractivity (Wildman–Crippen MR) is 94.8 cm³/mol. The number of nitrogen functional groups attached to an aromatic ring is 1. The predicted octanol–water partition coefficient (Wildman–Crippen LogP) is -0.0353. The smallest absolute Gasteiger partial charge is 0.271 e. The molecule has 26 heavy (non-hydrogen) atoms. The van der Waals surface area contributed by atoms with Crippen molar-refractivity contribution >= 4 is 23.2 Å². The van der Waals surface area contributed by atoms with Crippen LogP contribution in [0.2, 0.25) is 0 Å². The van der Waals surface area contributed by atoms with Gasteiger partial charge in [0.25, 0.3) is 5.91 Å². The van der Waals surface area contributed by atoms with Crippen molar-refractivity contribution in [2.45, 2.75) is 0 Å². The standard InChI is InChI=1S/C16H18N8O2/c1-18-15(25)11-6-13-14(23-2-4-26-5-3-23)21-12(9-24(13)22-11)10-7-19-16(17)20-8-10/h6-9H,2-5H2,1H3,(H,18,25)(H2,17,19,20). The molecule has 10 heteroatoms. The average molecular weight is 354 g/mol. The number of anilines is 2. The molecule has 0 radical (unpaired) electrons. The lowest BCUT2D eigenvalue weighted by Gasteiger charge is -2.28. The first-order valence-corrected chi connectivity index (χ1v) is 8.19. The number of fused-ring (bicyclic) bond motifs is 1. The van der Waals surface area contributed by atoms with Gasteiger partial charge in [0.1, 0.15) is 5.52 Å². The van der Waals surface area contributed by atoms with Crippen molar-refractivity contribution in [3.8, 4) is 11.3 Å². The van der Waals surface area contributed by atoms with Gasteiger partial charge in [0.05, 0.1) is 25.1 Å². The van der Waals surface area contributed by atoms with E-state index in [1.807, 2.05) is 0 Å². The van der Waals surface area contributed by atoms with Crippen LogP contribution in [0.15, 0.2) is 24.7 Å². The van der Waals surface area contributed by atoms with E-state index in [0.29, 0.717) is 43.3 Å². The van der Waals surface area contributed by atoms with Gasteiger partial charge < -0.3 is 20.7 Å². The Balaban J connectivity index is 1.87. The SMILES string of the molecule is CNC(=O)c1cc2c(N3CCOCC3)nc(-c3cnc(N)nc3)cn2n1. The van der Waals surface area contributed by atoms with Crippen LogP contribution in [-0.4, -0.2) is 63.8 Å². The molecule has 0 aliphatic carbocycles. The number of hydrogen-bond acceptors (Lipinski definition) is 8. The summed E-state index contributed by atoms with van der Waals surface area (Å²) in [5.74, 6) is 0.688. The fourth-order valence-electron chi connectivity index (χ4n) is 2.83. The molecule has 1 saturated heterocycles. The summed E-state index contributed by atoms with van der Waals surface area (Å²) < 4.78 is 7.09. The zero-order chi connectivity index (χ0) is 18.1. The Hall–Kier alpha value is -3.27. The molecule has 4 rings (SSSR count). The molecule has 0 saturated carbocycles. The number of aromatic nitrogens is 5. The molecule has 3 N–H and O–H groups in total. The molecule has 0 aromatic carbocycles. The van der Waals surface area contributed by atoms with Crippen molar-refractivity contribution < 1.29 is 9.53 Å². The van der Waals surface area contributed by atoms with Gasteiger partial charge in [0, 0.05) is 44.2 Å². The maximum atomic E-state index is 12.0. The summed E-state index contributed by atoms with van der Waals surface area (Å²) in [4.78, 5) is 26.9. The van der Waals surface area contributed by atoms with Crippen LogP contribution in [0, 0.1) is 0 Å². The van der Waals surface area contributed by atoms with Crippen LogP contribution >= 0.6 is 0 Å². The Morgan fingerprint density at radius 1 is 1.27 bits per heavy atom. The Kier molecular flexibility index (Phi) is 4.09. The van der Waals surface area contributed by atoms with E-state index in [0.717, 1.165) is 11.3 Å². The van der Waals surface area contributed by atoms with Gasteiger partial charge in [-0.2, -0.15) is 5.10 Å². The van der Waals surface area contributed by atoms with E-state index in [9.17, 15) is 4.79 Å². The fraction of sp³-hybridized carbons (Fsp3) is 0.312. The van der Waals surface area contributed by atoms with Gasteiger partial charge >= 0.3 is 0 Å². The highest BCUT2D eigenvalue weighted by Gasteiger charge is 2.20. The second-order valence-electron chi connectivity index (χ2n) is 5.82. The lowest BCUT2D eigenvalue weighted by Crippen LogP contribution is -2.37. The molecule has 1 aliphatic heterocycles. The van der Waals surface area contributed by atoms with Crippen LogP contribution < -0.4 is 16.0 Å². The number of nitrogens with two attached hydrogens (primary N) is 1. The van der Waals surface area contributed by atoms with E-state index in [2.05, 4.69) is 25.3 Å². The lowest BCUT2D eigenvalue weighted by molar-refractivity contribution is 0.0958. The number of carbonyl (C=O) groups excluding carboxylic acids is 1. The molecule has 134 valence electrons. The quantitative estimate of drug-likeness (QED) is 0.672. The normalized spacial score (nSPS) is 14.6. The minimum absolute atomic E-state index is 0.198. The number of amides is 1. The summed E-state index contributed by atoms with van der Waals surface area (Å²) >= 11 is 0. The van der Waals surface area contributed by atoms with Crippen molar-refractivity contribution in [1.29, 1.82) is 0 Å². The molecule has 3 aromatic heterocycles. The molecule has 0 atom stereocenters. The Morgan fingerprint density at radius 2 is 2.00 bits per heavy atom. The lowest BCUT2D eigenvalue weighted by atomic mass is 10.2. The molecule has 3 aromatic rings. The summed E-state index contributed by atoms with van der Waals surface area (Å²) in [6, 6.07) is 1.74. The van der Waals surface area contributed by atoms with Crippen molar-refractivity contribution in [3.63, 3.8) is 0 Å². The number of ether oxygens (including phenoxy) is 1. The summed E-state index contributed by atoms with van der Waals surface area (Å²) in [7, 11) is 1.57. The number of morpholine rings is 1. The third-order valence-corrected chi connectivity index (χ3v) is 4.17. The van der Waals surface area contributed by atoms with E-state index in [1.54, 1.807) is 36.2 Å². The highest BCUT2D eigenvalue weighted by molar-refractivity contribution is 5.94. The topological polar surface area (TPSA) is 124 Å². The maximum Gasteiger partial charge on any atom is 0.271 e. The zero-order valence-electron chi connectivity index (χ0n) is 14.2. The summed E-state index contributed by atoms with van der Waals surface area (Å²) in [5, 5.41) is 6.97. The fourth-order valence-corrected chi connectivity index (χ4v) is 2.83. The highest BCUT2D eigenvalue weighted by Crippen LogP contribution is 2.26. The van der Waals surface area contributed by atoms with Crippen molar-refractivity contribution in [2.75, 3.05) is 44.0 Å². The second kappa shape index (κ2) is 6.56. The third-order valence-electron chi connectivity index (χ3n) is 4.17. The highest BCUT2D eigenvalue weighted by atomic mass is 16.5. The number of carbonyl (C=O) groups is 1. The maximum absolute atomic E-state index is 12.0. The van der Waals surface area contributed by atoms with E-state index in [1.165, 1.54) is 0 Å². The van der Waals surface area contributed by atoms with Gasteiger partial charge in [-0.15, -0.1) is 0 Å². The molecule has 1 amide bonds. The van der Waals surface area contributed by atoms with Crippen molar-refractivity contribution in [3.05, 3.63) is 30.4 Å². The molecule has 1 aliphatic rings. The van der Waals surface area contributed by atoms with E-state index < -0.39 is 0 Å². The summed E-state index contributed by atoms with van der Waals surface area (Å²) in [6.07, 6.45) is 4.98. The Labute approximate surface area is 149 Å². The van der Waals surface area contributed by atoms with E-state index in [4.69, 9.17) is 15.5 Å². The third kappa shape index (κ3) is 2.90. The second-order valence-corrected chi connectivity index (χ2v) is 5.82. The van der Waals surface area contributed by atoms with Gasteiger partial charge in [0.15, 0.2) is 11.5 Å². The minimum Gasteiger partial charge on any atom is -0.378 e. The molecule has 0 bridgehead atoms. The number of rotatable bonds is 3. The number of nitrogens with one attached hydrogen (secondary N) is 1. The van der Waals surface area contributed by atoms with Gasteiger partial charge in [-0.25, -0.2) is 19.5 Å². The van der Waals surface area contributed by atoms with Gasteiger partial charge in [-0.05, 0) is 0 Å². The number of nitrogens with zero attached hydrogens (tertiary/aromatic N) is 6. The van der Waals surface area contributed by atoms with Crippen LogP contribution in [0.3, 0.4) is 0 Å². The van der Waals surface area contributed by atoms with Crippen LogP contribution in [0.4, 0.5) is 11.8 Å². The first-order valence-electron chi connectivity index (χ1n) is 8.19. The average Bonchev–Trinajstić information content (AvgIpc) is 3.12. The van der Waals surface area contributed by atoms with Crippen LogP contribution in [-0.2, 0) is 4.74 Å². The van der Waals surface area contributed by atoms with Crippen molar-refractivity contribution in [2.24, 2.45) is 0 Å². The molecule has 10 nitrogen and oxygen atoms in total. The minimum atomic E-state index is -0.251. The molecule has 1 fully saturated rings. The monoisotopic (exact) mass is 354 g/mol. The van der Waals surface area contributed by atoms with Gasteiger partial charge in [-0.1, -0.05) is 0 Å². The first kappa shape index (κ1) is 16.2. The molecular formula is C16H18N8O2. The molecule has 4 heterocycles. The van der Waals surface area contributed by atoms with Crippen LogP contribution in [0.5, 0.6) is 0 Å². The summed E-state index contributed by atoms with van der Waals surface area (Å²) in [6.45, 7) is 2.68.